The van der Waals surface area contributed by atoms with Gasteiger partial charge in [-0.1, -0.05) is 224 Å². The first-order valence-electron chi connectivity index (χ1n) is 22.7. The van der Waals surface area contributed by atoms with E-state index in [2.05, 4.69) is 212 Å². The standard InChI is InChI=1S/C63H42N4/c1-7-22-43(23-8-1)49-39-58(44-24-9-2-10-25-44)64-59(40-49)48-31-21-30-47(38-48)53-42-57-54(52-36-19-20-37-56(52)63(57,50-32-15-5-16-33-50)51-34-17-6-18-35-51)41-55(53)62-66-60(45-26-11-3-12-27-45)65-61(67-62)46-28-13-4-14-29-46/h1-42H. The molecule has 0 atom stereocenters. The van der Waals surface area contributed by atoms with Crippen molar-refractivity contribution in [1.82, 2.24) is 19.9 Å². The van der Waals surface area contributed by atoms with Crippen molar-refractivity contribution in [1.29, 1.82) is 0 Å². The smallest absolute Gasteiger partial charge is 0.164 e. The molecule has 0 bridgehead atoms. The fourth-order valence-corrected chi connectivity index (χ4v) is 9.92. The van der Waals surface area contributed by atoms with Gasteiger partial charge in [-0.15, -0.1) is 0 Å². The van der Waals surface area contributed by atoms with Crippen LogP contribution < -0.4 is 0 Å². The summed E-state index contributed by atoms with van der Waals surface area (Å²) in [6.07, 6.45) is 0. The van der Waals surface area contributed by atoms with Gasteiger partial charge in [-0.05, 0) is 86.0 Å². The van der Waals surface area contributed by atoms with Crippen molar-refractivity contribution < 1.29 is 0 Å². The van der Waals surface area contributed by atoms with Crippen LogP contribution in [0.1, 0.15) is 22.3 Å². The summed E-state index contributed by atoms with van der Waals surface area (Å²) in [6, 6.07) is 90.1. The maximum absolute atomic E-state index is 5.36. The average Bonchev–Trinajstić information content (AvgIpc) is 3.72. The Kier molecular flexibility index (Phi) is 10.0. The van der Waals surface area contributed by atoms with Crippen molar-refractivity contribution in [3.05, 3.63) is 277 Å². The van der Waals surface area contributed by atoms with Crippen LogP contribution >= 0.6 is 0 Å². The monoisotopic (exact) mass is 854 g/mol. The third-order valence-corrected chi connectivity index (χ3v) is 13.0. The van der Waals surface area contributed by atoms with Crippen molar-refractivity contribution in [2.45, 2.75) is 5.41 Å². The van der Waals surface area contributed by atoms with Crippen LogP contribution in [0.5, 0.6) is 0 Å². The Balaban J connectivity index is 1.15. The third-order valence-electron chi connectivity index (χ3n) is 13.0. The topological polar surface area (TPSA) is 51.6 Å². The van der Waals surface area contributed by atoms with Gasteiger partial charge in [0.15, 0.2) is 17.5 Å². The number of rotatable bonds is 9. The van der Waals surface area contributed by atoms with E-state index in [1.165, 1.54) is 27.8 Å². The van der Waals surface area contributed by atoms with Crippen LogP contribution in [0.15, 0.2) is 255 Å². The summed E-state index contributed by atoms with van der Waals surface area (Å²) in [5, 5.41) is 0. The van der Waals surface area contributed by atoms with Gasteiger partial charge >= 0.3 is 0 Å². The molecule has 67 heavy (non-hydrogen) atoms. The summed E-state index contributed by atoms with van der Waals surface area (Å²) in [6.45, 7) is 0. The fraction of sp³-hybridized carbons (Fsp3) is 0.0159. The van der Waals surface area contributed by atoms with Crippen LogP contribution in [-0.2, 0) is 5.41 Å². The molecule has 0 saturated heterocycles. The lowest BCUT2D eigenvalue weighted by Crippen LogP contribution is -2.28. The number of aromatic nitrogens is 4. The zero-order valence-corrected chi connectivity index (χ0v) is 36.5. The highest BCUT2D eigenvalue weighted by atomic mass is 15.0. The Morgan fingerprint density at radius 1 is 0.224 bits per heavy atom. The average molecular weight is 855 g/mol. The summed E-state index contributed by atoms with van der Waals surface area (Å²) in [4.78, 5) is 21.2. The van der Waals surface area contributed by atoms with Crippen LogP contribution in [0.4, 0.5) is 0 Å². The second-order valence-electron chi connectivity index (χ2n) is 16.9. The molecule has 1 aliphatic rings. The first-order chi connectivity index (χ1) is 33.2. The molecule has 0 amide bonds. The number of benzene rings is 9. The highest BCUT2D eigenvalue weighted by Crippen LogP contribution is 2.58. The zero-order valence-electron chi connectivity index (χ0n) is 36.5. The first-order valence-corrected chi connectivity index (χ1v) is 22.7. The van der Waals surface area contributed by atoms with E-state index >= 15 is 0 Å². The van der Waals surface area contributed by atoms with Gasteiger partial charge in [0, 0.05) is 27.8 Å². The minimum absolute atomic E-state index is 0.598. The Labute approximate surface area is 390 Å². The minimum atomic E-state index is -0.612. The van der Waals surface area contributed by atoms with E-state index in [0.717, 1.165) is 67.0 Å². The molecule has 0 spiro atoms. The number of hydrogen-bond acceptors (Lipinski definition) is 4. The Morgan fingerprint density at radius 2 is 0.672 bits per heavy atom. The van der Waals surface area contributed by atoms with Crippen LogP contribution in [0.2, 0.25) is 0 Å². The maximum atomic E-state index is 5.36. The summed E-state index contributed by atoms with van der Waals surface area (Å²) in [5.74, 6) is 1.83. The van der Waals surface area contributed by atoms with Gasteiger partial charge < -0.3 is 0 Å². The van der Waals surface area contributed by atoms with Gasteiger partial charge in [0.25, 0.3) is 0 Å². The quantitative estimate of drug-likeness (QED) is 0.145. The normalized spacial score (nSPS) is 12.3. The van der Waals surface area contributed by atoms with Crippen LogP contribution in [0.25, 0.3) is 90.1 Å². The van der Waals surface area contributed by atoms with E-state index < -0.39 is 5.41 Å². The number of nitrogens with zero attached hydrogens (tertiary/aromatic N) is 4. The van der Waals surface area contributed by atoms with Crippen LogP contribution in [0.3, 0.4) is 0 Å². The largest absolute Gasteiger partial charge is 0.248 e. The van der Waals surface area contributed by atoms with E-state index in [0.29, 0.717) is 17.5 Å². The van der Waals surface area contributed by atoms with Gasteiger partial charge in [0.1, 0.15) is 0 Å². The molecule has 12 rings (SSSR count). The molecule has 314 valence electrons. The number of fused-ring (bicyclic) bond motifs is 3. The second-order valence-corrected chi connectivity index (χ2v) is 16.9. The molecule has 0 radical (unpaired) electrons. The van der Waals surface area contributed by atoms with Gasteiger partial charge in [-0.2, -0.15) is 0 Å². The van der Waals surface area contributed by atoms with Crippen molar-refractivity contribution in [2.24, 2.45) is 0 Å². The second kappa shape index (κ2) is 16.9. The summed E-state index contributed by atoms with van der Waals surface area (Å²) >= 11 is 0. The molecular formula is C63H42N4. The zero-order chi connectivity index (χ0) is 44.6. The molecule has 2 heterocycles. The molecule has 0 saturated carbocycles. The summed E-state index contributed by atoms with van der Waals surface area (Å²) in [7, 11) is 0. The van der Waals surface area contributed by atoms with Gasteiger partial charge in [0.2, 0.25) is 0 Å². The van der Waals surface area contributed by atoms with E-state index in [1.54, 1.807) is 0 Å². The van der Waals surface area contributed by atoms with Crippen molar-refractivity contribution in [2.75, 3.05) is 0 Å². The van der Waals surface area contributed by atoms with E-state index in [1.807, 2.05) is 42.5 Å². The first kappa shape index (κ1) is 39.7. The van der Waals surface area contributed by atoms with Crippen LogP contribution in [0, 0.1) is 0 Å². The lowest BCUT2D eigenvalue weighted by atomic mass is 9.67. The third kappa shape index (κ3) is 7.13. The summed E-state index contributed by atoms with van der Waals surface area (Å²) in [5.41, 5.74) is 17.5. The molecule has 0 aliphatic heterocycles. The fourth-order valence-electron chi connectivity index (χ4n) is 9.92. The molecule has 0 fully saturated rings. The molecule has 0 unspecified atom stereocenters. The predicted octanol–water partition coefficient (Wildman–Crippen LogP) is 15.3. The minimum Gasteiger partial charge on any atom is -0.248 e. The predicted molar refractivity (Wildman–Crippen MR) is 273 cm³/mol. The molecule has 11 aromatic rings. The highest BCUT2D eigenvalue weighted by molar-refractivity contribution is 5.95. The Bertz CT molecular complexity index is 3390. The Morgan fingerprint density at radius 3 is 1.25 bits per heavy atom. The molecule has 2 aromatic heterocycles. The van der Waals surface area contributed by atoms with E-state index in [4.69, 9.17) is 19.9 Å². The van der Waals surface area contributed by atoms with E-state index in [9.17, 15) is 0 Å². The number of pyridine rings is 1. The Hall–Kier alpha value is -8.86. The maximum Gasteiger partial charge on any atom is 0.164 e. The van der Waals surface area contributed by atoms with Gasteiger partial charge in [-0.25, -0.2) is 19.9 Å². The SMILES string of the molecule is c1ccc(-c2cc(-c3ccccc3)nc(-c3cccc(-c4cc5c(cc4-c4nc(-c6ccccc6)nc(-c6ccccc6)n4)-c4ccccc4C5(c4ccccc4)c4ccccc4)c3)c2)cc1. The van der Waals surface area contributed by atoms with Gasteiger partial charge in [-0.3, -0.25) is 0 Å². The summed E-state index contributed by atoms with van der Waals surface area (Å²) < 4.78 is 0. The molecule has 0 N–H and O–H groups in total. The lowest BCUT2D eigenvalue weighted by Gasteiger charge is -2.34. The molecule has 4 heteroatoms. The molecule has 1 aliphatic carbocycles. The van der Waals surface area contributed by atoms with Crippen molar-refractivity contribution in [3.8, 4) is 90.1 Å². The number of hydrogen-bond donors (Lipinski definition) is 0. The lowest BCUT2D eigenvalue weighted by molar-refractivity contribution is 0.769. The van der Waals surface area contributed by atoms with Crippen LogP contribution in [-0.4, -0.2) is 19.9 Å². The van der Waals surface area contributed by atoms with Crippen molar-refractivity contribution >= 4 is 0 Å². The molecule has 4 nitrogen and oxygen atoms in total. The highest BCUT2D eigenvalue weighted by Gasteiger charge is 2.46. The molecule has 9 aromatic carbocycles. The van der Waals surface area contributed by atoms with Gasteiger partial charge in [0.05, 0.1) is 16.8 Å². The van der Waals surface area contributed by atoms with Crippen molar-refractivity contribution in [3.63, 3.8) is 0 Å². The molecular weight excluding hydrogens is 813 g/mol. The van der Waals surface area contributed by atoms with E-state index in [-0.39, 0.29) is 0 Å².